The Balaban J connectivity index is 1.31. The monoisotopic (exact) mass is 467 g/mol. The smallest absolute Gasteiger partial charge is 0.269 e. The van der Waals surface area contributed by atoms with Crippen molar-refractivity contribution in [3.8, 4) is 11.3 Å². The van der Waals surface area contributed by atoms with E-state index in [-0.39, 0.29) is 17.6 Å². The van der Waals surface area contributed by atoms with Crippen LogP contribution in [0.5, 0.6) is 0 Å². The first-order valence-corrected chi connectivity index (χ1v) is 12.0. The van der Waals surface area contributed by atoms with Gasteiger partial charge in [0.15, 0.2) is 0 Å². The van der Waals surface area contributed by atoms with Crippen LogP contribution in [0.25, 0.3) is 11.3 Å². The number of carbonyl (C=O) groups excluding carboxylic acids is 2. The molecule has 0 radical (unpaired) electrons. The molecule has 3 aromatic rings. The minimum Gasteiger partial charge on any atom is -0.350 e. The molecule has 0 saturated carbocycles. The second-order valence-electron chi connectivity index (χ2n) is 8.05. The fourth-order valence-electron chi connectivity index (χ4n) is 4.00. The van der Waals surface area contributed by atoms with Crippen LogP contribution >= 0.6 is 11.8 Å². The van der Waals surface area contributed by atoms with Crippen LogP contribution in [0.1, 0.15) is 33.7 Å². The lowest BCUT2D eigenvalue weighted by molar-refractivity contribution is 0.0679. The molecule has 0 atom stereocenters. The van der Waals surface area contributed by atoms with Crippen LogP contribution in [0.3, 0.4) is 0 Å². The number of halogens is 1. The normalized spacial score (nSPS) is 14.3. The summed E-state index contributed by atoms with van der Waals surface area (Å²) < 4.78 is 14.7. The van der Waals surface area contributed by atoms with Crippen LogP contribution in [0.4, 0.5) is 4.39 Å². The SMILES string of the molecule is CSc1ncccc1C(=O)N1CCC(CNC(=O)c2cc(-c3ccc(F)cc3)nn2C)CC1. The van der Waals surface area contributed by atoms with Crippen molar-refractivity contribution in [3.63, 3.8) is 0 Å². The Morgan fingerprint density at radius 2 is 1.91 bits per heavy atom. The summed E-state index contributed by atoms with van der Waals surface area (Å²) in [6, 6.07) is 11.3. The molecule has 0 bridgehead atoms. The third-order valence-corrected chi connectivity index (χ3v) is 6.61. The van der Waals surface area contributed by atoms with Crippen LogP contribution in [0.15, 0.2) is 53.7 Å². The number of thioether (sulfide) groups is 1. The van der Waals surface area contributed by atoms with Crippen LogP contribution in [-0.2, 0) is 7.05 Å². The molecule has 0 spiro atoms. The number of aryl methyl sites for hydroxylation is 1. The Kier molecular flexibility index (Phi) is 7.08. The van der Waals surface area contributed by atoms with E-state index in [9.17, 15) is 14.0 Å². The number of pyridine rings is 1. The first kappa shape index (κ1) is 23.0. The first-order chi connectivity index (χ1) is 16.0. The van der Waals surface area contributed by atoms with Gasteiger partial charge >= 0.3 is 0 Å². The topological polar surface area (TPSA) is 80.1 Å². The zero-order valence-electron chi connectivity index (χ0n) is 18.6. The maximum atomic E-state index is 13.2. The van der Waals surface area contributed by atoms with Crippen molar-refractivity contribution < 1.29 is 14.0 Å². The number of carbonyl (C=O) groups is 2. The minimum absolute atomic E-state index is 0.0122. The number of benzene rings is 1. The number of rotatable bonds is 6. The van der Waals surface area contributed by atoms with Gasteiger partial charge in [-0.2, -0.15) is 5.10 Å². The Morgan fingerprint density at radius 1 is 1.18 bits per heavy atom. The molecule has 7 nitrogen and oxygen atoms in total. The standard InChI is InChI=1S/C24H26FN5O2S/c1-29-21(14-20(28-29)17-5-7-18(25)8-6-17)22(31)27-15-16-9-12-30(13-10-16)24(32)19-4-3-11-26-23(19)33-2/h3-8,11,14,16H,9-10,12-13,15H2,1-2H3,(H,27,31). The van der Waals surface area contributed by atoms with Gasteiger partial charge in [-0.05, 0) is 67.5 Å². The van der Waals surface area contributed by atoms with Gasteiger partial charge in [-0.15, -0.1) is 11.8 Å². The lowest BCUT2D eigenvalue weighted by Crippen LogP contribution is -2.42. The van der Waals surface area contributed by atoms with E-state index in [1.165, 1.54) is 28.6 Å². The van der Waals surface area contributed by atoms with Crippen molar-refractivity contribution in [3.05, 3.63) is 65.7 Å². The fourth-order valence-corrected chi connectivity index (χ4v) is 4.54. The Bertz CT molecular complexity index is 1140. The molecule has 172 valence electrons. The Hall–Kier alpha value is -3.20. The predicted molar refractivity (Wildman–Crippen MR) is 126 cm³/mol. The van der Waals surface area contributed by atoms with Gasteiger partial charge in [0.25, 0.3) is 11.8 Å². The summed E-state index contributed by atoms with van der Waals surface area (Å²) in [5, 5.41) is 8.13. The van der Waals surface area contributed by atoms with E-state index in [0.717, 1.165) is 23.4 Å². The maximum Gasteiger partial charge on any atom is 0.269 e. The highest BCUT2D eigenvalue weighted by atomic mass is 32.2. The van der Waals surface area contributed by atoms with E-state index < -0.39 is 0 Å². The van der Waals surface area contributed by atoms with Gasteiger partial charge in [-0.3, -0.25) is 14.3 Å². The average Bonchev–Trinajstić information content (AvgIpc) is 3.24. The highest BCUT2D eigenvalue weighted by molar-refractivity contribution is 7.98. The molecule has 33 heavy (non-hydrogen) atoms. The van der Waals surface area contributed by atoms with Crippen LogP contribution in [0.2, 0.25) is 0 Å². The Morgan fingerprint density at radius 3 is 2.61 bits per heavy atom. The van der Waals surface area contributed by atoms with Crippen molar-refractivity contribution in [1.29, 1.82) is 0 Å². The summed E-state index contributed by atoms with van der Waals surface area (Å²) in [5.41, 5.74) is 2.46. The van der Waals surface area contributed by atoms with Crippen LogP contribution in [-0.4, -0.2) is 57.4 Å². The third-order valence-electron chi connectivity index (χ3n) is 5.90. The van der Waals surface area contributed by atoms with Crippen molar-refractivity contribution in [2.75, 3.05) is 25.9 Å². The summed E-state index contributed by atoms with van der Waals surface area (Å²) in [7, 11) is 1.72. The molecule has 1 fully saturated rings. The number of nitrogens with one attached hydrogen (secondary N) is 1. The zero-order valence-corrected chi connectivity index (χ0v) is 19.4. The highest BCUT2D eigenvalue weighted by Gasteiger charge is 2.26. The number of likely N-dealkylation sites (tertiary alicyclic amines) is 1. The van der Waals surface area contributed by atoms with Gasteiger partial charge in [0.1, 0.15) is 16.5 Å². The lowest BCUT2D eigenvalue weighted by Gasteiger charge is -2.32. The summed E-state index contributed by atoms with van der Waals surface area (Å²) in [4.78, 5) is 31.8. The number of amides is 2. The molecule has 3 heterocycles. The largest absolute Gasteiger partial charge is 0.350 e. The van der Waals surface area contributed by atoms with E-state index in [2.05, 4.69) is 15.4 Å². The van der Waals surface area contributed by atoms with Crippen LogP contribution < -0.4 is 5.32 Å². The second-order valence-corrected chi connectivity index (χ2v) is 8.85. The summed E-state index contributed by atoms with van der Waals surface area (Å²) in [5.74, 6) is -0.197. The van der Waals surface area contributed by atoms with E-state index in [1.807, 2.05) is 17.2 Å². The van der Waals surface area contributed by atoms with Crippen molar-refractivity contribution in [2.45, 2.75) is 17.9 Å². The minimum atomic E-state index is -0.314. The van der Waals surface area contributed by atoms with E-state index in [4.69, 9.17) is 0 Å². The molecule has 0 unspecified atom stereocenters. The molecule has 1 aliphatic heterocycles. The van der Waals surface area contributed by atoms with Crippen LogP contribution in [0, 0.1) is 11.7 Å². The van der Waals surface area contributed by atoms with E-state index in [1.54, 1.807) is 37.5 Å². The van der Waals surface area contributed by atoms with Gasteiger partial charge in [0.05, 0.1) is 11.3 Å². The lowest BCUT2D eigenvalue weighted by atomic mass is 9.96. The van der Waals surface area contributed by atoms with Gasteiger partial charge < -0.3 is 10.2 Å². The average molecular weight is 468 g/mol. The molecule has 1 N–H and O–H groups in total. The molecular formula is C24H26FN5O2S. The molecule has 2 aromatic heterocycles. The fraction of sp³-hybridized carbons (Fsp3) is 0.333. The van der Waals surface area contributed by atoms with E-state index >= 15 is 0 Å². The van der Waals surface area contributed by atoms with Gasteiger partial charge in [-0.1, -0.05) is 0 Å². The highest BCUT2D eigenvalue weighted by Crippen LogP contribution is 2.23. The molecule has 9 heteroatoms. The first-order valence-electron chi connectivity index (χ1n) is 10.8. The van der Waals surface area contributed by atoms with Gasteiger partial charge in [0.2, 0.25) is 0 Å². The molecule has 1 saturated heterocycles. The molecule has 1 aromatic carbocycles. The van der Waals surface area contributed by atoms with E-state index in [0.29, 0.717) is 42.5 Å². The predicted octanol–water partition coefficient (Wildman–Crippen LogP) is 3.63. The molecule has 2 amide bonds. The summed E-state index contributed by atoms with van der Waals surface area (Å²) >= 11 is 1.47. The quantitative estimate of drug-likeness (QED) is 0.560. The van der Waals surface area contributed by atoms with Gasteiger partial charge in [0, 0.05) is 38.4 Å². The summed E-state index contributed by atoms with van der Waals surface area (Å²) in [6.45, 7) is 1.85. The number of nitrogens with zero attached hydrogens (tertiary/aromatic N) is 4. The van der Waals surface area contributed by atoms with Crippen molar-refractivity contribution in [2.24, 2.45) is 13.0 Å². The van der Waals surface area contributed by atoms with Gasteiger partial charge in [-0.25, -0.2) is 9.37 Å². The van der Waals surface area contributed by atoms with Crippen molar-refractivity contribution >= 4 is 23.6 Å². The number of aromatic nitrogens is 3. The molecular weight excluding hydrogens is 441 g/mol. The molecule has 4 rings (SSSR count). The maximum absolute atomic E-state index is 13.2. The molecule has 0 aliphatic carbocycles. The second kappa shape index (κ2) is 10.2. The third kappa shape index (κ3) is 5.24. The molecule has 1 aliphatic rings. The Labute approximate surface area is 196 Å². The summed E-state index contributed by atoms with van der Waals surface area (Å²) in [6.07, 6.45) is 5.27. The van der Waals surface area contributed by atoms with Crippen molar-refractivity contribution in [1.82, 2.24) is 25.0 Å². The number of hydrogen-bond donors (Lipinski definition) is 1. The zero-order chi connectivity index (χ0) is 23.4. The number of piperidine rings is 1. The number of hydrogen-bond acceptors (Lipinski definition) is 5.